The zero-order valence-electron chi connectivity index (χ0n) is 6.20. The minimum Gasteiger partial charge on any atom is -0.438 e. The Labute approximate surface area is 71.9 Å². The fraction of sp³-hybridized carbons (Fsp3) is 0.800. The van der Waals surface area contributed by atoms with Crippen LogP contribution in [0.15, 0.2) is 0 Å². The van der Waals surface area contributed by atoms with Crippen molar-refractivity contribution in [3.63, 3.8) is 0 Å². The van der Waals surface area contributed by atoms with Crippen LogP contribution in [0, 0.1) is 4.78 Å². The van der Waals surface area contributed by atoms with E-state index in [0.717, 1.165) is 5.75 Å². The second-order valence-corrected chi connectivity index (χ2v) is 3.90. The quantitative estimate of drug-likeness (QED) is 0.633. The zero-order chi connectivity index (χ0) is 8.85. The maximum absolute atomic E-state index is 10.7. The van der Waals surface area contributed by atoms with Gasteiger partial charge >= 0.3 is 0 Å². The Morgan fingerprint density at radius 2 is 2.36 bits per heavy atom. The largest absolute Gasteiger partial charge is 0.438 e. The Kier molecular flexibility index (Phi) is 5.53. The van der Waals surface area contributed by atoms with Gasteiger partial charge in [0.1, 0.15) is 5.12 Å². The number of nitrogens with two attached hydrogens (primary N) is 1. The van der Waals surface area contributed by atoms with Crippen molar-refractivity contribution >= 4 is 27.5 Å². The van der Waals surface area contributed by atoms with E-state index in [-0.39, 0.29) is 0 Å². The van der Waals surface area contributed by atoms with Gasteiger partial charge in [-0.1, -0.05) is 0 Å². The van der Waals surface area contributed by atoms with Crippen molar-refractivity contribution in [1.82, 2.24) is 0 Å². The maximum Gasteiger partial charge on any atom is 0.101 e. The van der Waals surface area contributed by atoms with Gasteiger partial charge in [0.2, 0.25) is 0 Å². The van der Waals surface area contributed by atoms with Crippen LogP contribution in [0.1, 0.15) is 6.42 Å². The first-order chi connectivity index (χ1) is 5.09. The molecule has 0 fully saturated rings. The van der Waals surface area contributed by atoms with Crippen LogP contribution in [0.3, 0.4) is 0 Å². The molecule has 6 heteroatoms. The smallest absolute Gasteiger partial charge is 0.101 e. The first kappa shape index (κ1) is 10.9. The van der Waals surface area contributed by atoms with Crippen molar-refractivity contribution in [2.24, 2.45) is 5.73 Å². The monoisotopic (exact) mass is 195 g/mol. The normalized spacial score (nSPS) is 13.4. The molecule has 4 nitrogen and oxygen atoms in total. The van der Waals surface area contributed by atoms with E-state index in [1.807, 2.05) is 6.26 Å². The third kappa shape index (κ3) is 4.39. The summed E-state index contributed by atoms with van der Waals surface area (Å²) < 4.78 is 16.9. The number of hydrogen-bond donors (Lipinski definition) is 2. The SMILES string of the molecule is CSCC[C@H](N)C(=O)[S-](=N)=O. The topological polar surface area (TPSA) is 84.0 Å². The van der Waals surface area contributed by atoms with E-state index in [2.05, 4.69) is 0 Å². The molecule has 1 atom stereocenters. The van der Waals surface area contributed by atoms with Crippen LogP contribution in [0.2, 0.25) is 0 Å². The van der Waals surface area contributed by atoms with Crippen LogP contribution < -0.4 is 5.73 Å². The summed E-state index contributed by atoms with van der Waals surface area (Å²) >= 11 is 1.57. The Hall–Kier alpha value is -0.0700. The lowest BCUT2D eigenvalue weighted by atomic mass is 10.3. The van der Waals surface area contributed by atoms with Crippen molar-refractivity contribution < 1.29 is 9.00 Å². The van der Waals surface area contributed by atoms with Crippen molar-refractivity contribution in [1.29, 1.82) is 4.78 Å². The third-order valence-electron chi connectivity index (χ3n) is 1.12. The number of thioether (sulfide) groups is 1. The molecule has 0 aliphatic heterocycles. The van der Waals surface area contributed by atoms with E-state index in [0.29, 0.717) is 6.42 Å². The molecule has 0 saturated heterocycles. The number of carbonyl (C=O) groups excluding carboxylic acids is 1. The number of carbonyl (C=O) groups is 1. The molecule has 11 heavy (non-hydrogen) atoms. The molecular weight excluding hydrogens is 184 g/mol. The van der Waals surface area contributed by atoms with E-state index in [1.165, 1.54) is 0 Å². The molecule has 0 radical (unpaired) electrons. The summed E-state index contributed by atoms with van der Waals surface area (Å²) in [6, 6.07) is -0.735. The van der Waals surface area contributed by atoms with E-state index >= 15 is 0 Å². The average Bonchev–Trinajstić information content (AvgIpc) is 1.98. The lowest BCUT2D eigenvalue weighted by molar-refractivity contribution is -0.112. The highest BCUT2D eigenvalue weighted by Crippen LogP contribution is 1.99. The van der Waals surface area contributed by atoms with Crippen molar-refractivity contribution in [3.05, 3.63) is 0 Å². The second-order valence-electron chi connectivity index (χ2n) is 1.98. The molecule has 0 unspecified atom stereocenters. The summed E-state index contributed by atoms with van der Waals surface area (Å²) in [5.74, 6) is 0.754. The van der Waals surface area contributed by atoms with Crippen molar-refractivity contribution in [3.8, 4) is 0 Å². The van der Waals surface area contributed by atoms with Crippen LogP contribution in [-0.4, -0.2) is 23.2 Å². The molecule has 0 aliphatic rings. The molecule has 3 N–H and O–H groups in total. The van der Waals surface area contributed by atoms with Gasteiger partial charge in [0, 0.05) is 6.04 Å². The first-order valence-corrected chi connectivity index (χ1v) is 5.55. The van der Waals surface area contributed by atoms with E-state index < -0.39 is 21.8 Å². The standard InChI is InChI=1S/C5H11N2O2S2/c1-10-3-2-4(6)5(8)11(7)9/h4,7H,2-3,6H2,1H3/q-1/t4-/m0/s1. The van der Waals surface area contributed by atoms with E-state index in [1.54, 1.807) is 11.8 Å². The highest BCUT2D eigenvalue weighted by molar-refractivity contribution is 7.98. The molecular formula is C5H11N2O2S2-. The summed E-state index contributed by atoms with van der Waals surface area (Å²) in [6.07, 6.45) is 2.39. The predicted molar refractivity (Wildman–Crippen MR) is 46.8 cm³/mol. The fourth-order valence-corrected chi connectivity index (χ4v) is 1.38. The third-order valence-corrected chi connectivity index (χ3v) is 2.43. The Morgan fingerprint density at radius 3 is 2.73 bits per heavy atom. The first-order valence-electron chi connectivity index (χ1n) is 3.01. The van der Waals surface area contributed by atoms with Gasteiger partial charge in [-0.15, -0.1) is 10.6 Å². The van der Waals surface area contributed by atoms with Crippen LogP contribution >= 0.6 is 11.8 Å². The minimum absolute atomic E-state index is 0.491. The van der Waals surface area contributed by atoms with E-state index in [9.17, 15) is 9.00 Å². The molecule has 0 rings (SSSR count). The molecule has 0 heterocycles. The highest BCUT2D eigenvalue weighted by Gasteiger charge is 2.05. The number of hydrogen-bond acceptors (Lipinski definition) is 6. The maximum atomic E-state index is 10.7. The Morgan fingerprint density at radius 1 is 1.82 bits per heavy atom. The second kappa shape index (κ2) is 5.56. The molecule has 0 aliphatic carbocycles. The van der Waals surface area contributed by atoms with Gasteiger partial charge in [0.15, 0.2) is 0 Å². The van der Waals surface area contributed by atoms with Gasteiger partial charge in [-0.3, -0.25) is 0 Å². The lowest BCUT2D eigenvalue weighted by Gasteiger charge is -2.09. The van der Waals surface area contributed by atoms with Crippen molar-refractivity contribution in [2.75, 3.05) is 12.0 Å². The molecule has 0 aromatic carbocycles. The summed E-state index contributed by atoms with van der Waals surface area (Å²) in [5.41, 5.74) is 5.33. The molecule has 0 bridgehead atoms. The predicted octanol–water partition coefficient (Wildman–Crippen LogP) is 0.320. The minimum atomic E-state index is -2.17. The van der Waals surface area contributed by atoms with Crippen LogP contribution in [0.25, 0.3) is 0 Å². The fourth-order valence-electron chi connectivity index (χ4n) is 0.500. The summed E-state index contributed by atoms with van der Waals surface area (Å²) in [4.78, 5) is 10.7. The molecule has 66 valence electrons. The van der Waals surface area contributed by atoms with Crippen LogP contribution in [-0.2, 0) is 19.6 Å². The van der Waals surface area contributed by atoms with Gasteiger partial charge in [-0.2, -0.15) is 11.8 Å². The van der Waals surface area contributed by atoms with Crippen molar-refractivity contribution in [2.45, 2.75) is 12.5 Å². The summed E-state index contributed by atoms with van der Waals surface area (Å²) in [7, 11) is -2.17. The summed E-state index contributed by atoms with van der Waals surface area (Å²) in [6.45, 7) is 0. The van der Waals surface area contributed by atoms with Gasteiger partial charge < -0.3 is 19.5 Å². The molecule has 0 amide bonds. The van der Waals surface area contributed by atoms with Gasteiger partial charge in [0.05, 0.1) is 0 Å². The Balaban J connectivity index is 3.83. The lowest BCUT2D eigenvalue weighted by Crippen LogP contribution is -2.31. The molecule has 0 aromatic heterocycles. The number of nitrogens with one attached hydrogen (secondary N) is 1. The molecule has 0 spiro atoms. The Bertz CT molecular complexity index is 195. The van der Waals surface area contributed by atoms with Gasteiger partial charge in [-0.25, -0.2) is 0 Å². The highest BCUT2D eigenvalue weighted by atomic mass is 32.2. The summed E-state index contributed by atoms with van der Waals surface area (Å²) in [5, 5.41) is -0.681. The number of rotatable bonds is 4. The molecule has 0 aromatic rings. The van der Waals surface area contributed by atoms with E-state index in [4.69, 9.17) is 10.5 Å². The average molecular weight is 195 g/mol. The zero-order valence-corrected chi connectivity index (χ0v) is 7.83. The van der Waals surface area contributed by atoms with Gasteiger partial charge in [-0.05, 0) is 18.4 Å². The van der Waals surface area contributed by atoms with Gasteiger partial charge in [0.25, 0.3) is 0 Å². The molecule has 0 saturated carbocycles. The van der Waals surface area contributed by atoms with Crippen LogP contribution in [0.5, 0.6) is 0 Å². The van der Waals surface area contributed by atoms with Crippen LogP contribution in [0.4, 0.5) is 0 Å².